The fourth-order valence-electron chi connectivity index (χ4n) is 2.26. The zero-order chi connectivity index (χ0) is 18.2. The number of ether oxygens (including phenoxy) is 2. The molecule has 6 heteroatoms. The summed E-state index contributed by atoms with van der Waals surface area (Å²) in [6.45, 7) is 1.92. The quantitative estimate of drug-likeness (QED) is 0.594. The molecule has 0 fully saturated rings. The van der Waals surface area contributed by atoms with Crippen LogP contribution in [0.2, 0.25) is 0 Å². The number of nitrogens with two attached hydrogens (primary N) is 1. The van der Waals surface area contributed by atoms with E-state index in [1.165, 1.54) is 0 Å². The second-order valence-electron chi connectivity index (χ2n) is 5.56. The van der Waals surface area contributed by atoms with Gasteiger partial charge in [0.15, 0.2) is 6.61 Å². The third-order valence-electron chi connectivity index (χ3n) is 3.77. The lowest BCUT2D eigenvalue weighted by atomic mass is 10.1. The Morgan fingerprint density at radius 2 is 1.84 bits per heavy atom. The smallest absolute Gasteiger partial charge is 0.340 e. The number of rotatable bonds is 7. The molecule has 0 aliphatic carbocycles. The zero-order valence-electron chi connectivity index (χ0n) is 14.4. The lowest BCUT2D eigenvalue weighted by molar-refractivity contribution is -0.124. The van der Waals surface area contributed by atoms with Crippen molar-refractivity contribution >= 4 is 17.6 Å². The van der Waals surface area contributed by atoms with Crippen molar-refractivity contribution in [1.82, 2.24) is 5.32 Å². The van der Waals surface area contributed by atoms with Gasteiger partial charge in [0.1, 0.15) is 5.75 Å². The van der Waals surface area contributed by atoms with Crippen LogP contribution in [-0.4, -0.2) is 32.1 Å². The molecule has 0 aliphatic rings. The number of hydrogen-bond acceptors (Lipinski definition) is 5. The molecule has 0 spiro atoms. The number of nitrogen functional groups attached to an aromatic ring is 1. The van der Waals surface area contributed by atoms with E-state index in [1.54, 1.807) is 32.2 Å². The van der Waals surface area contributed by atoms with Crippen LogP contribution in [0.5, 0.6) is 5.75 Å². The number of methoxy groups -OCH3 is 1. The lowest BCUT2D eigenvalue weighted by Gasteiger charge is -2.09. The van der Waals surface area contributed by atoms with Crippen molar-refractivity contribution in [2.45, 2.75) is 13.3 Å². The van der Waals surface area contributed by atoms with E-state index in [9.17, 15) is 9.59 Å². The van der Waals surface area contributed by atoms with Gasteiger partial charge in [-0.2, -0.15) is 0 Å². The molecule has 25 heavy (non-hydrogen) atoms. The second-order valence-corrected chi connectivity index (χ2v) is 5.56. The summed E-state index contributed by atoms with van der Waals surface area (Å²) < 4.78 is 10.1. The summed E-state index contributed by atoms with van der Waals surface area (Å²) in [6, 6.07) is 12.7. The van der Waals surface area contributed by atoms with Crippen molar-refractivity contribution in [3.8, 4) is 5.75 Å². The highest BCUT2D eigenvalue weighted by atomic mass is 16.5. The second kappa shape index (κ2) is 8.73. The van der Waals surface area contributed by atoms with E-state index >= 15 is 0 Å². The topological polar surface area (TPSA) is 90.6 Å². The number of benzene rings is 2. The largest absolute Gasteiger partial charge is 0.497 e. The van der Waals surface area contributed by atoms with E-state index in [0.29, 0.717) is 18.7 Å². The standard InChI is InChI=1S/C19H22N2O4/c1-13-4-3-5-16(18(13)20)19(23)25-12-17(22)21-11-10-14-6-8-15(24-2)9-7-14/h3-9H,10-12,20H2,1-2H3,(H,21,22). The minimum absolute atomic E-state index is 0.269. The van der Waals surface area contributed by atoms with Crippen molar-refractivity contribution in [3.05, 3.63) is 59.2 Å². The fourth-order valence-corrected chi connectivity index (χ4v) is 2.26. The maximum Gasteiger partial charge on any atom is 0.340 e. The predicted octanol–water partition coefficient (Wildman–Crippen LogP) is 2.10. The summed E-state index contributed by atoms with van der Waals surface area (Å²) >= 11 is 0. The van der Waals surface area contributed by atoms with Crippen molar-refractivity contribution in [1.29, 1.82) is 0 Å². The van der Waals surface area contributed by atoms with Crippen molar-refractivity contribution in [2.24, 2.45) is 0 Å². The highest BCUT2D eigenvalue weighted by Crippen LogP contribution is 2.17. The van der Waals surface area contributed by atoms with Crippen LogP contribution in [0.1, 0.15) is 21.5 Å². The average molecular weight is 342 g/mol. The Balaban J connectivity index is 1.74. The summed E-state index contributed by atoms with van der Waals surface area (Å²) in [4.78, 5) is 23.8. The third-order valence-corrected chi connectivity index (χ3v) is 3.77. The van der Waals surface area contributed by atoms with Gasteiger partial charge in [-0.15, -0.1) is 0 Å². The van der Waals surface area contributed by atoms with E-state index in [1.807, 2.05) is 24.3 Å². The normalized spacial score (nSPS) is 10.2. The van der Waals surface area contributed by atoms with E-state index < -0.39 is 5.97 Å². The molecule has 0 heterocycles. The number of nitrogens with one attached hydrogen (secondary N) is 1. The number of para-hydroxylation sites is 1. The molecule has 1 amide bonds. The van der Waals surface area contributed by atoms with Crippen LogP contribution >= 0.6 is 0 Å². The maximum absolute atomic E-state index is 12.0. The predicted molar refractivity (Wildman–Crippen MR) is 95.6 cm³/mol. The maximum atomic E-state index is 12.0. The Morgan fingerprint density at radius 3 is 2.52 bits per heavy atom. The summed E-state index contributed by atoms with van der Waals surface area (Å²) in [6.07, 6.45) is 0.675. The summed E-state index contributed by atoms with van der Waals surface area (Å²) in [5.41, 5.74) is 8.35. The van der Waals surface area contributed by atoms with Gasteiger partial charge in [-0.05, 0) is 42.7 Å². The molecule has 0 aliphatic heterocycles. The molecule has 3 N–H and O–H groups in total. The number of carbonyl (C=O) groups is 2. The Kier molecular flexibility index (Phi) is 6.39. The molecule has 132 valence electrons. The number of amides is 1. The van der Waals surface area contributed by atoms with Gasteiger partial charge in [-0.1, -0.05) is 24.3 Å². The van der Waals surface area contributed by atoms with E-state index in [2.05, 4.69) is 5.32 Å². The van der Waals surface area contributed by atoms with Crippen molar-refractivity contribution in [2.75, 3.05) is 26.0 Å². The molecular weight excluding hydrogens is 320 g/mol. The first kappa shape index (κ1) is 18.3. The van der Waals surface area contributed by atoms with Crippen LogP contribution in [-0.2, 0) is 16.0 Å². The van der Waals surface area contributed by atoms with Crippen LogP contribution in [0.15, 0.2) is 42.5 Å². The first-order valence-electron chi connectivity index (χ1n) is 7.93. The summed E-state index contributed by atoms with van der Waals surface area (Å²) in [7, 11) is 1.61. The molecule has 6 nitrogen and oxygen atoms in total. The monoisotopic (exact) mass is 342 g/mol. The minimum Gasteiger partial charge on any atom is -0.497 e. The molecule has 2 aromatic rings. The SMILES string of the molecule is COc1ccc(CCNC(=O)COC(=O)c2cccc(C)c2N)cc1. The van der Waals surface area contributed by atoms with Crippen LogP contribution in [0.3, 0.4) is 0 Å². The Hall–Kier alpha value is -3.02. The summed E-state index contributed by atoms with van der Waals surface area (Å²) in [5, 5.41) is 2.71. The van der Waals surface area contributed by atoms with Gasteiger partial charge in [0, 0.05) is 12.2 Å². The Bertz CT molecular complexity index is 742. The highest BCUT2D eigenvalue weighted by molar-refractivity contribution is 5.96. The van der Waals surface area contributed by atoms with Crippen LogP contribution in [0.25, 0.3) is 0 Å². The molecule has 2 rings (SSSR count). The number of carbonyl (C=O) groups excluding carboxylic acids is 2. The molecule has 0 unspecified atom stereocenters. The fraction of sp³-hybridized carbons (Fsp3) is 0.263. The lowest BCUT2D eigenvalue weighted by Crippen LogP contribution is -2.30. The number of hydrogen-bond donors (Lipinski definition) is 2. The van der Waals surface area contributed by atoms with Gasteiger partial charge >= 0.3 is 5.97 Å². The number of aryl methyl sites for hydroxylation is 1. The van der Waals surface area contributed by atoms with Crippen molar-refractivity contribution in [3.63, 3.8) is 0 Å². The molecular formula is C19H22N2O4. The molecule has 0 atom stereocenters. The zero-order valence-corrected chi connectivity index (χ0v) is 14.4. The third kappa shape index (κ3) is 5.24. The van der Waals surface area contributed by atoms with Gasteiger partial charge < -0.3 is 20.5 Å². The number of esters is 1. The van der Waals surface area contributed by atoms with Gasteiger partial charge in [0.25, 0.3) is 5.91 Å². The molecule has 2 aromatic carbocycles. The first-order chi connectivity index (χ1) is 12.0. The molecule has 0 bridgehead atoms. The molecule has 0 saturated carbocycles. The average Bonchev–Trinajstić information content (AvgIpc) is 2.62. The molecule has 0 aromatic heterocycles. The minimum atomic E-state index is -0.605. The molecule has 0 radical (unpaired) electrons. The molecule has 0 saturated heterocycles. The van der Waals surface area contributed by atoms with Gasteiger partial charge in [0.05, 0.1) is 12.7 Å². The van der Waals surface area contributed by atoms with E-state index in [0.717, 1.165) is 16.9 Å². The first-order valence-corrected chi connectivity index (χ1v) is 7.93. The highest BCUT2D eigenvalue weighted by Gasteiger charge is 2.14. The van der Waals surface area contributed by atoms with E-state index in [-0.39, 0.29) is 18.1 Å². The summed E-state index contributed by atoms with van der Waals surface area (Å²) in [5.74, 6) is -0.172. The van der Waals surface area contributed by atoms with Gasteiger partial charge in [-0.25, -0.2) is 4.79 Å². The van der Waals surface area contributed by atoms with Crippen molar-refractivity contribution < 1.29 is 19.1 Å². The Morgan fingerprint density at radius 1 is 1.12 bits per heavy atom. The van der Waals surface area contributed by atoms with Gasteiger partial charge in [0.2, 0.25) is 0 Å². The van der Waals surface area contributed by atoms with Crippen LogP contribution < -0.4 is 15.8 Å². The van der Waals surface area contributed by atoms with Crippen LogP contribution in [0.4, 0.5) is 5.69 Å². The van der Waals surface area contributed by atoms with Gasteiger partial charge in [-0.3, -0.25) is 4.79 Å². The Labute approximate surface area is 146 Å². The van der Waals surface area contributed by atoms with Crippen LogP contribution in [0, 0.1) is 6.92 Å². The van der Waals surface area contributed by atoms with E-state index in [4.69, 9.17) is 15.2 Å². The number of anilines is 1.